The molecule has 0 bridgehead atoms. The molecule has 0 aromatic heterocycles. The Morgan fingerprint density at radius 2 is 2.00 bits per heavy atom. The number of hydrogen-bond donors (Lipinski definition) is 2. The highest BCUT2D eigenvalue weighted by Gasteiger charge is 2.35. The van der Waals surface area contributed by atoms with Crippen LogP contribution in [0, 0.1) is 5.92 Å². The highest BCUT2D eigenvalue weighted by atomic mass is 16.7. The molecular formula is C18H26N2O3. The molecule has 1 heterocycles. The molecule has 5 heteroatoms. The minimum Gasteiger partial charge on any atom is -0.454 e. The lowest BCUT2D eigenvalue weighted by Crippen LogP contribution is -2.44. The van der Waals surface area contributed by atoms with Gasteiger partial charge in [-0.2, -0.15) is 0 Å². The molecule has 0 spiro atoms. The zero-order chi connectivity index (χ0) is 16.3. The van der Waals surface area contributed by atoms with Crippen molar-refractivity contribution in [3.8, 4) is 11.5 Å². The van der Waals surface area contributed by atoms with E-state index in [1.54, 1.807) is 0 Å². The first-order valence-electron chi connectivity index (χ1n) is 8.52. The van der Waals surface area contributed by atoms with E-state index in [0.717, 1.165) is 24.3 Å². The van der Waals surface area contributed by atoms with Gasteiger partial charge in [0.1, 0.15) is 0 Å². The van der Waals surface area contributed by atoms with Gasteiger partial charge in [0.2, 0.25) is 12.7 Å². The minimum atomic E-state index is -0.146. The van der Waals surface area contributed by atoms with Crippen molar-refractivity contribution < 1.29 is 14.3 Å². The van der Waals surface area contributed by atoms with E-state index >= 15 is 0 Å². The summed E-state index contributed by atoms with van der Waals surface area (Å²) in [5.41, 5.74) is 6.82. The standard InChI is InChI=1S/C18H26N2O3/c1-13(10-19)17(21)20-11-18(7-3-2-4-8-18)14-5-6-15-16(9-14)23-12-22-15/h5-6,9,13H,2-4,7-8,10-12,19H2,1H3,(H,20,21). The maximum Gasteiger partial charge on any atom is 0.231 e. The van der Waals surface area contributed by atoms with Crippen LogP contribution >= 0.6 is 0 Å². The fraction of sp³-hybridized carbons (Fsp3) is 0.611. The molecule has 1 saturated carbocycles. The van der Waals surface area contributed by atoms with E-state index in [2.05, 4.69) is 17.4 Å². The van der Waals surface area contributed by atoms with Crippen LogP contribution in [0.3, 0.4) is 0 Å². The Balaban J connectivity index is 1.80. The summed E-state index contributed by atoms with van der Waals surface area (Å²) in [6, 6.07) is 6.20. The van der Waals surface area contributed by atoms with Gasteiger partial charge in [-0.05, 0) is 30.5 Å². The highest BCUT2D eigenvalue weighted by Crippen LogP contribution is 2.43. The molecule has 1 unspecified atom stereocenters. The Bertz CT molecular complexity index is 567. The number of ether oxygens (including phenoxy) is 2. The third kappa shape index (κ3) is 3.29. The third-order valence-corrected chi connectivity index (χ3v) is 5.20. The molecule has 1 atom stereocenters. The molecule has 3 N–H and O–H groups in total. The first-order valence-corrected chi connectivity index (χ1v) is 8.52. The minimum absolute atomic E-state index is 0.0107. The molecule has 1 aromatic carbocycles. The van der Waals surface area contributed by atoms with E-state index in [9.17, 15) is 4.79 Å². The van der Waals surface area contributed by atoms with Crippen molar-refractivity contribution in [2.24, 2.45) is 11.7 Å². The Labute approximate surface area is 137 Å². The summed E-state index contributed by atoms with van der Waals surface area (Å²) < 4.78 is 10.9. The average molecular weight is 318 g/mol. The van der Waals surface area contributed by atoms with Gasteiger partial charge in [0.25, 0.3) is 0 Å². The van der Waals surface area contributed by atoms with E-state index in [1.807, 2.05) is 13.0 Å². The number of nitrogens with one attached hydrogen (secondary N) is 1. The second-order valence-corrected chi connectivity index (χ2v) is 6.76. The van der Waals surface area contributed by atoms with E-state index in [0.29, 0.717) is 13.1 Å². The lowest BCUT2D eigenvalue weighted by atomic mass is 9.69. The molecule has 126 valence electrons. The number of benzene rings is 1. The smallest absolute Gasteiger partial charge is 0.231 e. The van der Waals surface area contributed by atoms with Crippen LogP contribution in [-0.2, 0) is 10.2 Å². The van der Waals surface area contributed by atoms with Crippen LogP contribution in [0.5, 0.6) is 11.5 Å². The number of carbonyl (C=O) groups is 1. The van der Waals surface area contributed by atoms with Crippen LogP contribution in [0.2, 0.25) is 0 Å². The SMILES string of the molecule is CC(CN)C(=O)NCC1(c2ccc3c(c2)OCO3)CCCCC1. The monoisotopic (exact) mass is 318 g/mol. The third-order valence-electron chi connectivity index (χ3n) is 5.20. The summed E-state index contributed by atoms with van der Waals surface area (Å²) in [6.07, 6.45) is 5.82. The van der Waals surface area contributed by atoms with Gasteiger partial charge in [-0.1, -0.05) is 32.3 Å². The molecular weight excluding hydrogens is 292 g/mol. The van der Waals surface area contributed by atoms with Gasteiger partial charge in [0.05, 0.1) is 0 Å². The van der Waals surface area contributed by atoms with Crippen LogP contribution in [0.15, 0.2) is 18.2 Å². The predicted molar refractivity (Wildman–Crippen MR) is 88.6 cm³/mol. The zero-order valence-corrected chi connectivity index (χ0v) is 13.8. The van der Waals surface area contributed by atoms with E-state index in [4.69, 9.17) is 15.2 Å². The summed E-state index contributed by atoms with van der Waals surface area (Å²) in [5.74, 6) is 1.51. The number of amides is 1. The molecule has 1 aromatic rings. The van der Waals surface area contributed by atoms with Gasteiger partial charge in [-0.15, -0.1) is 0 Å². The Morgan fingerprint density at radius 1 is 1.26 bits per heavy atom. The average Bonchev–Trinajstić information content (AvgIpc) is 3.07. The van der Waals surface area contributed by atoms with Gasteiger partial charge in [0.15, 0.2) is 11.5 Å². The normalized spacial score (nSPS) is 20.1. The van der Waals surface area contributed by atoms with Gasteiger partial charge < -0.3 is 20.5 Å². The second kappa shape index (κ2) is 6.79. The molecule has 1 amide bonds. The lowest BCUT2D eigenvalue weighted by Gasteiger charge is -2.38. The van der Waals surface area contributed by atoms with Crippen molar-refractivity contribution in [3.05, 3.63) is 23.8 Å². The van der Waals surface area contributed by atoms with E-state index in [1.165, 1.54) is 24.8 Å². The van der Waals surface area contributed by atoms with Crippen LogP contribution < -0.4 is 20.5 Å². The molecule has 0 radical (unpaired) electrons. The van der Waals surface area contributed by atoms with Crippen molar-refractivity contribution in [2.45, 2.75) is 44.4 Å². The first-order chi connectivity index (χ1) is 11.1. The van der Waals surface area contributed by atoms with Crippen LogP contribution in [0.4, 0.5) is 0 Å². The second-order valence-electron chi connectivity index (χ2n) is 6.76. The van der Waals surface area contributed by atoms with Crippen molar-refractivity contribution in [1.82, 2.24) is 5.32 Å². The number of nitrogens with two attached hydrogens (primary N) is 1. The van der Waals surface area contributed by atoms with Gasteiger partial charge in [0, 0.05) is 24.4 Å². The molecule has 1 aliphatic heterocycles. The molecule has 3 rings (SSSR count). The zero-order valence-electron chi connectivity index (χ0n) is 13.8. The summed E-state index contributed by atoms with van der Waals surface area (Å²) in [4.78, 5) is 12.1. The molecule has 2 aliphatic rings. The van der Waals surface area contributed by atoms with E-state index < -0.39 is 0 Å². The predicted octanol–water partition coefficient (Wildman–Crippen LogP) is 2.33. The summed E-state index contributed by atoms with van der Waals surface area (Å²) in [7, 11) is 0. The van der Waals surface area contributed by atoms with Gasteiger partial charge in [-0.3, -0.25) is 4.79 Å². The number of hydrogen-bond acceptors (Lipinski definition) is 4. The quantitative estimate of drug-likeness (QED) is 0.874. The number of rotatable bonds is 5. The summed E-state index contributed by atoms with van der Waals surface area (Å²) in [6.45, 7) is 3.19. The Kier molecular flexibility index (Phi) is 4.76. The lowest BCUT2D eigenvalue weighted by molar-refractivity contribution is -0.124. The number of carbonyl (C=O) groups excluding carboxylic acids is 1. The Morgan fingerprint density at radius 3 is 2.74 bits per heavy atom. The molecule has 23 heavy (non-hydrogen) atoms. The molecule has 1 aliphatic carbocycles. The maximum absolute atomic E-state index is 12.1. The van der Waals surface area contributed by atoms with Crippen LogP contribution in [0.25, 0.3) is 0 Å². The topological polar surface area (TPSA) is 73.6 Å². The fourth-order valence-electron chi connectivity index (χ4n) is 3.56. The van der Waals surface area contributed by atoms with Gasteiger partial charge >= 0.3 is 0 Å². The fourth-order valence-corrected chi connectivity index (χ4v) is 3.56. The van der Waals surface area contributed by atoms with Crippen molar-refractivity contribution >= 4 is 5.91 Å². The highest BCUT2D eigenvalue weighted by molar-refractivity contribution is 5.78. The largest absolute Gasteiger partial charge is 0.454 e. The summed E-state index contributed by atoms with van der Waals surface area (Å²) >= 11 is 0. The van der Waals surface area contributed by atoms with Crippen molar-refractivity contribution in [3.63, 3.8) is 0 Å². The Hall–Kier alpha value is -1.75. The van der Waals surface area contributed by atoms with E-state index in [-0.39, 0.29) is 24.0 Å². The first kappa shape index (κ1) is 16.1. The van der Waals surface area contributed by atoms with Crippen LogP contribution in [-0.4, -0.2) is 25.8 Å². The van der Waals surface area contributed by atoms with Gasteiger partial charge in [-0.25, -0.2) is 0 Å². The van der Waals surface area contributed by atoms with Crippen molar-refractivity contribution in [1.29, 1.82) is 0 Å². The van der Waals surface area contributed by atoms with Crippen LogP contribution in [0.1, 0.15) is 44.6 Å². The molecule has 1 fully saturated rings. The number of fused-ring (bicyclic) bond motifs is 1. The summed E-state index contributed by atoms with van der Waals surface area (Å²) in [5, 5.41) is 3.12. The maximum atomic E-state index is 12.1. The van der Waals surface area contributed by atoms with Crippen molar-refractivity contribution in [2.75, 3.05) is 19.9 Å². The molecule has 0 saturated heterocycles. The molecule has 5 nitrogen and oxygen atoms in total.